The molecule has 0 aliphatic carbocycles. The number of ether oxygens (including phenoxy) is 2. The molecule has 0 radical (unpaired) electrons. The zero-order valence-corrected chi connectivity index (χ0v) is 13.3. The summed E-state index contributed by atoms with van der Waals surface area (Å²) < 4.78 is 11.1. The van der Waals surface area contributed by atoms with Gasteiger partial charge in [-0.05, 0) is 30.3 Å². The highest BCUT2D eigenvalue weighted by molar-refractivity contribution is 6.32. The van der Waals surface area contributed by atoms with E-state index < -0.39 is 0 Å². The minimum atomic E-state index is 0.401. The maximum atomic E-state index is 6.28. The first-order valence-corrected chi connectivity index (χ1v) is 7.30. The van der Waals surface area contributed by atoms with Crippen molar-refractivity contribution in [1.82, 2.24) is 5.32 Å². The molecule has 0 aliphatic rings. The Bertz CT molecular complexity index is 582. The normalized spacial score (nSPS) is 10.7. The number of para-hydroxylation sites is 1. The van der Waals surface area contributed by atoms with Crippen LogP contribution < -0.4 is 14.8 Å². The molecule has 0 aromatic heterocycles. The summed E-state index contributed by atoms with van der Waals surface area (Å²) in [6, 6.07) is 13.6. The zero-order valence-electron chi connectivity index (χ0n) is 12.5. The molecule has 2 rings (SSSR count). The third-order valence-electron chi connectivity index (χ3n) is 3.03. The Morgan fingerprint density at radius 2 is 1.71 bits per heavy atom. The molecule has 3 nitrogen and oxygen atoms in total. The van der Waals surface area contributed by atoms with E-state index in [1.807, 2.05) is 42.5 Å². The van der Waals surface area contributed by atoms with Crippen LogP contribution in [0, 0.1) is 0 Å². The second-order valence-electron chi connectivity index (χ2n) is 5.04. The van der Waals surface area contributed by atoms with Gasteiger partial charge in [-0.15, -0.1) is 0 Å². The van der Waals surface area contributed by atoms with Crippen molar-refractivity contribution >= 4 is 11.6 Å². The average Bonchev–Trinajstić information content (AvgIpc) is 2.48. The molecular formula is C17H20ClNO2. The molecular weight excluding hydrogens is 286 g/mol. The minimum absolute atomic E-state index is 0.401. The van der Waals surface area contributed by atoms with E-state index in [-0.39, 0.29) is 0 Å². The van der Waals surface area contributed by atoms with E-state index in [1.165, 1.54) is 0 Å². The molecule has 0 fully saturated rings. The largest absolute Gasteiger partial charge is 0.497 e. The monoisotopic (exact) mass is 305 g/mol. The van der Waals surface area contributed by atoms with Crippen LogP contribution in [0.4, 0.5) is 0 Å². The van der Waals surface area contributed by atoms with Crippen LogP contribution in [0.15, 0.2) is 42.5 Å². The first-order valence-electron chi connectivity index (χ1n) is 6.93. The van der Waals surface area contributed by atoms with Gasteiger partial charge >= 0.3 is 0 Å². The smallest absolute Gasteiger partial charge is 0.150 e. The SMILES string of the molecule is COc1ccc(Oc2c(Cl)cccc2CNC(C)C)cc1. The van der Waals surface area contributed by atoms with E-state index in [1.54, 1.807) is 7.11 Å². The van der Waals surface area contributed by atoms with E-state index in [0.29, 0.717) is 23.4 Å². The molecule has 2 aromatic rings. The molecule has 0 atom stereocenters. The molecule has 21 heavy (non-hydrogen) atoms. The van der Waals surface area contributed by atoms with E-state index in [4.69, 9.17) is 21.1 Å². The van der Waals surface area contributed by atoms with Crippen molar-refractivity contribution in [2.45, 2.75) is 26.4 Å². The van der Waals surface area contributed by atoms with E-state index in [9.17, 15) is 0 Å². The van der Waals surface area contributed by atoms with Crippen molar-refractivity contribution in [2.75, 3.05) is 7.11 Å². The van der Waals surface area contributed by atoms with Crippen molar-refractivity contribution < 1.29 is 9.47 Å². The Hall–Kier alpha value is -1.71. The molecule has 0 amide bonds. The van der Waals surface area contributed by atoms with Crippen LogP contribution in [-0.2, 0) is 6.54 Å². The number of hydrogen-bond acceptors (Lipinski definition) is 3. The van der Waals surface area contributed by atoms with Crippen molar-refractivity contribution in [3.05, 3.63) is 53.1 Å². The second kappa shape index (κ2) is 7.34. The summed E-state index contributed by atoms with van der Waals surface area (Å²) in [5.74, 6) is 2.22. The number of benzene rings is 2. The Morgan fingerprint density at radius 3 is 2.33 bits per heavy atom. The van der Waals surface area contributed by atoms with Gasteiger partial charge in [-0.2, -0.15) is 0 Å². The van der Waals surface area contributed by atoms with Crippen molar-refractivity contribution in [3.8, 4) is 17.2 Å². The summed E-state index contributed by atoms with van der Waals surface area (Å²) in [4.78, 5) is 0. The topological polar surface area (TPSA) is 30.5 Å². The summed E-state index contributed by atoms with van der Waals surface area (Å²) in [7, 11) is 1.64. The van der Waals surface area contributed by atoms with Gasteiger partial charge in [0.2, 0.25) is 0 Å². The summed E-state index contributed by atoms with van der Waals surface area (Å²) in [6.07, 6.45) is 0. The average molecular weight is 306 g/mol. The van der Waals surface area contributed by atoms with Crippen LogP contribution in [0.1, 0.15) is 19.4 Å². The van der Waals surface area contributed by atoms with Gasteiger partial charge in [0.05, 0.1) is 12.1 Å². The van der Waals surface area contributed by atoms with Gasteiger partial charge in [-0.3, -0.25) is 0 Å². The number of halogens is 1. The summed E-state index contributed by atoms with van der Waals surface area (Å²) in [5, 5.41) is 3.98. The highest BCUT2D eigenvalue weighted by atomic mass is 35.5. The molecule has 0 bridgehead atoms. The fraction of sp³-hybridized carbons (Fsp3) is 0.294. The van der Waals surface area contributed by atoms with Crippen molar-refractivity contribution in [3.63, 3.8) is 0 Å². The number of nitrogens with one attached hydrogen (secondary N) is 1. The lowest BCUT2D eigenvalue weighted by molar-refractivity contribution is 0.412. The van der Waals surface area contributed by atoms with E-state index >= 15 is 0 Å². The van der Waals surface area contributed by atoms with Crippen LogP contribution in [-0.4, -0.2) is 13.2 Å². The maximum absolute atomic E-state index is 6.28. The highest BCUT2D eigenvalue weighted by Crippen LogP contribution is 2.33. The van der Waals surface area contributed by atoms with Crippen LogP contribution >= 0.6 is 11.6 Å². The molecule has 0 saturated heterocycles. The molecule has 0 heterocycles. The van der Waals surface area contributed by atoms with E-state index in [0.717, 1.165) is 17.1 Å². The van der Waals surface area contributed by atoms with Crippen molar-refractivity contribution in [1.29, 1.82) is 0 Å². The lowest BCUT2D eigenvalue weighted by Crippen LogP contribution is -2.22. The summed E-state index contributed by atoms with van der Waals surface area (Å²) >= 11 is 6.28. The van der Waals surface area contributed by atoms with Gasteiger partial charge in [0.25, 0.3) is 0 Å². The molecule has 2 aromatic carbocycles. The third-order valence-corrected chi connectivity index (χ3v) is 3.33. The van der Waals surface area contributed by atoms with Gasteiger partial charge in [0, 0.05) is 18.2 Å². The quantitative estimate of drug-likeness (QED) is 0.843. The van der Waals surface area contributed by atoms with Gasteiger partial charge in [0.1, 0.15) is 17.2 Å². The van der Waals surface area contributed by atoms with Crippen LogP contribution in [0.5, 0.6) is 17.2 Å². The summed E-state index contributed by atoms with van der Waals surface area (Å²) in [5.41, 5.74) is 1.03. The zero-order chi connectivity index (χ0) is 15.2. The number of hydrogen-bond donors (Lipinski definition) is 1. The predicted molar refractivity (Wildman–Crippen MR) is 86.5 cm³/mol. The van der Waals surface area contributed by atoms with Crippen LogP contribution in [0.2, 0.25) is 5.02 Å². The fourth-order valence-electron chi connectivity index (χ4n) is 1.88. The highest BCUT2D eigenvalue weighted by Gasteiger charge is 2.10. The van der Waals surface area contributed by atoms with Crippen LogP contribution in [0.3, 0.4) is 0 Å². The maximum Gasteiger partial charge on any atom is 0.150 e. The molecule has 0 saturated carbocycles. The molecule has 0 unspecified atom stereocenters. The first kappa shape index (κ1) is 15.7. The lowest BCUT2D eigenvalue weighted by Gasteiger charge is -2.15. The van der Waals surface area contributed by atoms with Gasteiger partial charge in [-0.1, -0.05) is 37.6 Å². The standard InChI is InChI=1S/C17H20ClNO2/c1-12(2)19-11-13-5-4-6-16(18)17(13)21-15-9-7-14(20-3)8-10-15/h4-10,12,19H,11H2,1-3H3. The van der Waals surface area contributed by atoms with Gasteiger partial charge in [-0.25, -0.2) is 0 Å². The molecule has 112 valence electrons. The van der Waals surface area contributed by atoms with Crippen molar-refractivity contribution in [2.24, 2.45) is 0 Å². The second-order valence-corrected chi connectivity index (χ2v) is 5.45. The summed E-state index contributed by atoms with van der Waals surface area (Å²) in [6.45, 7) is 4.92. The predicted octanol–water partition coefficient (Wildman–Crippen LogP) is 4.64. The first-order chi connectivity index (χ1) is 10.1. The Kier molecular flexibility index (Phi) is 5.48. The number of rotatable bonds is 6. The Morgan fingerprint density at radius 1 is 1.05 bits per heavy atom. The van der Waals surface area contributed by atoms with Gasteiger partial charge < -0.3 is 14.8 Å². The molecule has 1 N–H and O–H groups in total. The lowest BCUT2D eigenvalue weighted by atomic mass is 10.2. The molecule has 0 aliphatic heterocycles. The minimum Gasteiger partial charge on any atom is -0.497 e. The van der Waals surface area contributed by atoms with Gasteiger partial charge in [0.15, 0.2) is 0 Å². The Labute approximate surface area is 130 Å². The van der Waals surface area contributed by atoms with Crippen LogP contribution in [0.25, 0.3) is 0 Å². The third kappa shape index (κ3) is 4.38. The molecule has 4 heteroatoms. The fourth-order valence-corrected chi connectivity index (χ4v) is 2.12. The molecule has 0 spiro atoms. The Balaban J connectivity index is 2.20. The number of methoxy groups -OCH3 is 1. The van der Waals surface area contributed by atoms with E-state index in [2.05, 4.69) is 19.2 Å².